The number of aromatic nitrogens is 2. The molecule has 0 unspecified atom stereocenters. The van der Waals surface area contributed by atoms with Gasteiger partial charge in [0.2, 0.25) is 12.3 Å². The fraction of sp³-hybridized carbons (Fsp3) is 0.316. The van der Waals surface area contributed by atoms with E-state index in [-0.39, 0.29) is 6.10 Å². The van der Waals surface area contributed by atoms with Crippen LogP contribution < -0.4 is 5.32 Å². The summed E-state index contributed by atoms with van der Waals surface area (Å²) in [5, 5.41) is 11.8. The number of ether oxygens (including phenoxy) is 1. The SMILES string of the molecule is CC1=C(C(=O)OC(C)C)[C@@H](c2cccc(Cl)c2Cl)C(c2nnco2)=C(C)N1. The molecular weight excluding hydrogens is 389 g/mol. The van der Waals surface area contributed by atoms with Gasteiger partial charge in [-0.15, -0.1) is 10.2 Å². The molecule has 0 saturated heterocycles. The van der Waals surface area contributed by atoms with E-state index in [0.29, 0.717) is 38.3 Å². The number of nitrogens with zero attached hydrogens (tertiary/aromatic N) is 2. The molecule has 27 heavy (non-hydrogen) atoms. The van der Waals surface area contributed by atoms with Crippen LogP contribution in [0, 0.1) is 0 Å². The van der Waals surface area contributed by atoms with Crippen molar-refractivity contribution in [2.24, 2.45) is 0 Å². The third-order valence-electron chi connectivity index (χ3n) is 4.21. The highest BCUT2D eigenvalue weighted by molar-refractivity contribution is 6.42. The zero-order valence-corrected chi connectivity index (χ0v) is 16.9. The minimum absolute atomic E-state index is 0.271. The van der Waals surface area contributed by atoms with Gasteiger partial charge in [-0.2, -0.15) is 0 Å². The summed E-state index contributed by atoms with van der Waals surface area (Å²) in [7, 11) is 0. The molecule has 142 valence electrons. The highest BCUT2D eigenvalue weighted by Crippen LogP contribution is 2.46. The van der Waals surface area contributed by atoms with Gasteiger partial charge < -0.3 is 14.5 Å². The molecule has 0 fully saturated rings. The average Bonchev–Trinajstić information content (AvgIpc) is 3.10. The van der Waals surface area contributed by atoms with Gasteiger partial charge in [-0.25, -0.2) is 4.79 Å². The number of rotatable bonds is 4. The summed E-state index contributed by atoms with van der Waals surface area (Å²) in [4.78, 5) is 12.9. The number of benzene rings is 1. The lowest BCUT2D eigenvalue weighted by atomic mass is 9.80. The maximum absolute atomic E-state index is 12.9. The molecule has 6 nitrogen and oxygen atoms in total. The van der Waals surface area contributed by atoms with E-state index in [1.54, 1.807) is 26.0 Å². The van der Waals surface area contributed by atoms with Crippen LogP contribution in [-0.4, -0.2) is 22.3 Å². The zero-order chi connectivity index (χ0) is 19.7. The molecule has 1 atom stereocenters. The van der Waals surface area contributed by atoms with Gasteiger partial charge in [0.15, 0.2) is 0 Å². The molecule has 1 aromatic heterocycles. The predicted molar refractivity (Wildman–Crippen MR) is 103 cm³/mol. The highest BCUT2D eigenvalue weighted by atomic mass is 35.5. The van der Waals surface area contributed by atoms with Crippen LogP contribution in [-0.2, 0) is 9.53 Å². The quantitative estimate of drug-likeness (QED) is 0.738. The minimum Gasteiger partial charge on any atom is -0.460 e. The van der Waals surface area contributed by atoms with Crippen molar-refractivity contribution < 1.29 is 13.9 Å². The number of halogens is 2. The number of hydrogen-bond donors (Lipinski definition) is 1. The van der Waals surface area contributed by atoms with Gasteiger partial charge in [0.1, 0.15) is 0 Å². The lowest BCUT2D eigenvalue weighted by Gasteiger charge is -2.31. The summed E-state index contributed by atoms with van der Waals surface area (Å²) in [5.41, 5.74) is 3.18. The fourth-order valence-corrected chi connectivity index (χ4v) is 3.59. The molecule has 0 radical (unpaired) electrons. The van der Waals surface area contributed by atoms with Gasteiger partial charge in [0, 0.05) is 17.0 Å². The van der Waals surface area contributed by atoms with Crippen LogP contribution in [0.2, 0.25) is 10.0 Å². The molecule has 0 bridgehead atoms. The van der Waals surface area contributed by atoms with Crippen molar-refractivity contribution in [2.45, 2.75) is 39.7 Å². The topological polar surface area (TPSA) is 77.2 Å². The smallest absolute Gasteiger partial charge is 0.337 e. The standard InChI is InChI=1S/C19H19Cl2N3O3/c1-9(2)27-19(25)15-11(4)23-10(3)14(18-24-22-8-26-18)16(15)12-6-5-7-13(20)17(12)21/h5-9,16,23H,1-4H3/t16-/m0/s1. The first-order valence-corrected chi connectivity index (χ1v) is 9.16. The Bertz CT molecular complexity index is 934. The molecule has 2 aromatic rings. The maximum atomic E-state index is 12.9. The van der Waals surface area contributed by atoms with Crippen molar-refractivity contribution in [1.29, 1.82) is 0 Å². The van der Waals surface area contributed by atoms with Crippen molar-refractivity contribution in [3.8, 4) is 0 Å². The van der Waals surface area contributed by atoms with Gasteiger partial charge in [-0.1, -0.05) is 35.3 Å². The van der Waals surface area contributed by atoms with E-state index in [9.17, 15) is 4.79 Å². The second-order valence-electron chi connectivity index (χ2n) is 6.48. The number of carbonyl (C=O) groups is 1. The van der Waals surface area contributed by atoms with E-state index >= 15 is 0 Å². The Kier molecular flexibility index (Phi) is 5.58. The van der Waals surface area contributed by atoms with Gasteiger partial charge in [0.25, 0.3) is 0 Å². The van der Waals surface area contributed by atoms with E-state index in [2.05, 4.69) is 15.5 Å². The van der Waals surface area contributed by atoms with Crippen molar-refractivity contribution in [1.82, 2.24) is 15.5 Å². The molecule has 3 rings (SSSR count). The third kappa shape index (κ3) is 3.73. The van der Waals surface area contributed by atoms with Crippen LogP contribution in [0.5, 0.6) is 0 Å². The molecule has 1 aliphatic heterocycles. The molecule has 0 amide bonds. The van der Waals surface area contributed by atoms with Crippen molar-refractivity contribution in [3.63, 3.8) is 0 Å². The first-order valence-electron chi connectivity index (χ1n) is 8.41. The average molecular weight is 408 g/mol. The number of hydrogen-bond acceptors (Lipinski definition) is 6. The number of nitrogens with one attached hydrogen (secondary N) is 1. The van der Waals surface area contributed by atoms with E-state index in [1.807, 2.05) is 19.9 Å². The molecule has 2 heterocycles. The van der Waals surface area contributed by atoms with Gasteiger partial charge in [0.05, 0.1) is 27.6 Å². The van der Waals surface area contributed by atoms with Crippen molar-refractivity contribution in [3.05, 3.63) is 63.1 Å². The Morgan fingerprint density at radius 2 is 2.00 bits per heavy atom. The van der Waals surface area contributed by atoms with Crippen molar-refractivity contribution in [2.75, 3.05) is 0 Å². The molecule has 1 N–H and O–H groups in total. The summed E-state index contributed by atoms with van der Waals surface area (Å²) >= 11 is 12.8. The first-order chi connectivity index (χ1) is 12.8. The van der Waals surface area contributed by atoms with Crippen LogP contribution in [0.25, 0.3) is 5.57 Å². The molecular formula is C19H19Cl2N3O3. The van der Waals surface area contributed by atoms with Gasteiger partial charge in [-0.05, 0) is 39.3 Å². The van der Waals surface area contributed by atoms with Crippen LogP contribution in [0.3, 0.4) is 0 Å². The summed E-state index contributed by atoms with van der Waals surface area (Å²) in [5.74, 6) is -0.715. The molecule has 0 saturated carbocycles. The number of esters is 1. The monoisotopic (exact) mass is 407 g/mol. The van der Waals surface area contributed by atoms with Crippen LogP contribution in [0.1, 0.15) is 45.1 Å². The molecule has 0 aliphatic carbocycles. The minimum atomic E-state index is -0.566. The summed E-state index contributed by atoms with van der Waals surface area (Å²) in [6.45, 7) is 7.28. The molecule has 1 aromatic carbocycles. The summed E-state index contributed by atoms with van der Waals surface area (Å²) in [6.07, 6.45) is 0.968. The van der Waals surface area contributed by atoms with Gasteiger partial charge >= 0.3 is 5.97 Å². The Morgan fingerprint density at radius 3 is 2.63 bits per heavy atom. The van der Waals surface area contributed by atoms with Crippen molar-refractivity contribution >= 4 is 34.7 Å². The van der Waals surface area contributed by atoms with E-state index < -0.39 is 11.9 Å². The van der Waals surface area contributed by atoms with Crippen LogP contribution >= 0.6 is 23.2 Å². The third-order valence-corrected chi connectivity index (χ3v) is 5.04. The summed E-state index contributed by atoms with van der Waals surface area (Å²) < 4.78 is 10.9. The number of dihydropyridines is 1. The second-order valence-corrected chi connectivity index (χ2v) is 7.26. The second kappa shape index (κ2) is 7.74. The van der Waals surface area contributed by atoms with Crippen LogP contribution in [0.4, 0.5) is 0 Å². The zero-order valence-electron chi connectivity index (χ0n) is 15.3. The maximum Gasteiger partial charge on any atom is 0.337 e. The normalized spacial score (nSPS) is 17.4. The predicted octanol–water partition coefficient (Wildman–Crippen LogP) is 4.72. The van der Waals surface area contributed by atoms with E-state index in [4.69, 9.17) is 32.4 Å². The highest BCUT2D eigenvalue weighted by Gasteiger charge is 2.38. The number of allylic oxidation sites excluding steroid dienone is 3. The summed E-state index contributed by atoms with van der Waals surface area (Å²) in [6, 6.07) is 5.30. The Morgan fingerprint density at radius 1 is 1.26 bits per heavy atom. The largest absolute Gasteiger partial charge is 0.460 e. The van der Waals surface area contributed by atoms with Crippen LogP contribution in [0.15, 0.2) is 46.0 Å². The Labute approximate surface area is 167 Å². The molecule has 0 spiro atoms. The van der Waals surface area contributed by atoms with E-state index in [1.165, 1.54) is 6.39 Å². The first kappa shape index (κ1) is 19.5. The van der Waals surface area contributed by atoms with E-state index in [0.717, 1.165) is 5.70 Å². The Balaban J connectivity index is 2.24. The fourth-order valence-electron chi connectivity index (χ4n) is 3.17. The lowest BCUT2D eigenvalue weighted by molar-refractivity contribution is -0.142. The lowest BCUT2D eigenvalue weighted by Crippen LogP contribution is -2.29. The Hall–Kier alpha value is -2.31. The molecule has 8 heteroatoms. The van der Waals surface area contributed by atoms with Gasteiger partial charge in [-0.3, -0.25) is 0 Å². The number of carbonyl (C=O) groups excluding carboxylic acids is 1. The molecule has 1 aliphatic rings.